The first kappa shape index (κ1) is 13.3. The third kappa shape index (κ3) is 5.38. The minimum absolute atomic E-state index is 0.606. The summed E-state index contributed by atoms with van der Waals surface area (Å²) in [6, 6.07) is 8.04. The van der Waals surface area contributed by atoms with Crippen molar-refractivity contribution in [2.24, 2.45) is 0 Å². The molecule has 0 aliphatic rings. The van der Waals surface area contributed by atoms with Crippen LogP contribution in [0.5, 0.6) is 5.75 Å². The van der Waals surface area contributed by atoms with Gasteiger partial charge in [0.2, 0.25) is 0 Å². The number of hydrogen-bond acceptors (Lipinski definition) is 2. The Balaban J connectivity index is 2.21. The van der Waals surface area contributed by atoms with Gasteiger partial charge >= 0.3 is 0 Å². The molecule has 16 heavy (non-hydrogen) atoms. The molecule has 0 atom stereocenters. The molecule has 0 spiro atoms. The summed E-state index contributed by atoms with van der Waals surface area (Å²) in [5.41, 5.74) is 1.24. The molecule has 3 heteroatoms. The zero-order valence-corrected chi connectivity index (χ0v) is 10.5. The standard InChI is InChI=1S/C13H19ClO2/c1-2-9-15-10-11-16-13-5-3-12(4-6-13)7-8-14/h3-6H,2,7-11H2,1H3. The average Bonchev–Trinajstić information content (AvgIpc) is 2.31. The van der Waals surface area contributed by atoms with Crippen LogP contribution in [0, 0.1) is 0 Å². The van der Waals surface area contributed by atoms with E-state index in [1.165, 1.54) is 5.56 Å². The van der Waals surface area contributed by atoms with E-state index in [9.17, 15) is 0 Å². The smallest absolute Gasteiger partial charge is 0.119 e. The molecule has 0 N–H and O–H groups in total. The van der Waals surface area contributed by atoms with Crippen LogP contribution in [-0.4, -0.2) is 25.7 Å². The number of alkyl halides is 1. The lowest BCUT2D eigenvalue weighted by Gasteiger charge is -2.07. The molecular formula is C13H19ClO2. The van der Waals surface area contributed by atoms with E-state index in [4.69, 9.17) is 21.1 Å². The summed E-state index contributed by atoms with van der Waals surface area (Å²) in [6.07, 6.45) is 1.95. The van der Waals surface area contributed by atoms with Crippen molar-refractivity contribution >= 4 is 11.6 Å². The van der Waals surface area contributed by atoms with Crippen LogP contribution in [0.3, 0.4) is 0 Å². The quantitative estimate of drug-likeness (QED) is 0.515. The molecule has 0 aliphatic heterocycles. The minimum atomic E-state index is 0.606. The minimum Gasteiger partial charge on any atom is -0.491 e. The molecule has 0 amide bonds. The van der Waals surface area contributed by atoms with E-state index in [2.05, 4.69) is 6.92 Å². The van der Waals surface area contributed by atoms with Crippen molar-refractivity contribution in [1.29, 1.82) is 0 Å². The molecule has 0 saturated carbocycles. The van der Waals surface area contributed by atoms with E-state index in [0.29, 0.717) is 19.1 Å². The Hall–Kier alpha value is -0.730. The van der Waals surface area contributed by atoms with Gasteiger partial charge in [-0.1, -0.05) is 19.1 Å². The third-order valence-electron chi connectivity index (χ3n) is 2.15. The van der Waals surface area contributed by atoms with Crippen LogP contribution >= 0.6 is 11.6 Å². The van der Waals surface area contributed by atoms with Crippen LogP contribution in [0.2, 0.25) is 0 Å². The zero-order valence-electron chi connectivity index (χ0n) is 9.75. The maximum absolute atomic E-state index is 5.66. The lowest BCUT2D eigenvalue weighted by Crippen LogP contribution is -2.07. The van der Waals surface area contributed by atoms with Crippen molar-refractivity contribution in [2.45, 2.75) is 19.8 Å². The molecule has 1 rings (SSSR count). The molecule has 0 aromatic heterocycles. The van der Waals surface area contributed by atoms with Crippen LogP contribution in [0.15, 0.2) is 24.3 Å². The highest BCUT2D eigenvalue weighted by Gasteiger charge is 1.95. The lowest BCUT2D eigenvalue weighted by atomic mass is 10.2. The van der Waals surface area contributed by atoms with E-state index in [1.807, 2.05) is 24.3 Å². The molecule has 1 aromatic carbocycles. The van der Waals surface area contributed by atoms with Gasteiger partial charge in [-0.3, -0.25) is 0 Å². The number of rotatable bonds is 8. The van der Waals surface area contributed by atoms with Crippen molar-refractivity contribution in [2.75, 3.05) is 25.7 Å². The molecule has 0 unspecified atom stereocenters. The summed E-state index contributed by atoms with van der Waals surface area (Å²) in [7, 11) is 0. The van der Waals surface area contributed by atoms with E-state index in [1.54, 1.807) is 0 Å². The van der Waals surface area contributed by atoms with Gasteiger partial charge in [0.25, 0.3) is 0 Å². The Morgan fingerprint density at radius 3 is 2.44 bits per heavy atom. The predicted molar refractivity (Wildman–Crippen MR) is 67.5 cm³/mol. The fourth-order valence-electron chi connectivity index (χ4n) is 1.33. The van der Waals surface area contributed by atoms with Crippen molar-refractivity contribution in [3.63, 3.8) is 0 Å². The fourth-order valence-corrected chi connectivity index (χ4v) is 1.54. The van der Waals surface area contributed by atoms with Crippen molar-refractivity contribution in [3.05, 3.63) is 29.8 Å². The zero-order chi connectivity index (χ0) is 11.6. The monoisotopic (exact) mass is 242 g/mol. The van der Waals surface area contributed by atoms with Gasteiger partial charge in [-0.05, 0) is 30.5 Å². The second-order valence-electron chi connectivity index (χ2n) is 3.54. The maximum atomic E-state index is 5.66. The molecule has 0 radical (unpaired) electrons. The summed E-state index contributed by atoms with van der Waals surface area (Å²) < 4.78 is 10.9. The van der Waals surface area contributed by atoms with Crippen molar-refractivity contribution in [3.8, 4) is 5.75 Å². The van der Waals surface area contributed by atoms with Gasteiger partial charge in [-0.25, -0.2) is 0 Å². The van der Waals surface area contributed by atoms with E-state index >= 15 is 0 Å². The SMILES string of the molecule is CCCOCCOc1ccc(CCCl)cc1. The number of hydrogen-bond donors (Lipinski definition) is 0. The summed E-state index contributed by atoms with van der Waals surface area (Å²) in [6.45, 7) is 4.15. The number of benzene rings is 1. The molecular weight excluding hydrogens is 224 g/mol. The van der Waals surface area contributed by atoms with Crippen molar-refractivity contribution in [1.82, 2.24) is 0 Å². The molecule has 0 saturated heterocycles. The lowest BCUT2D eigenvalue weighted by molar-refractivity contribution is 0.101. The molecule has 90 valence electrons. The van der Waals surface area contributed by atoms with Gasteiger partial charge in [0.1, 0.15) is 12.4 Å². The highest BCUT2D eigenvalue weighted by Crippen LogP contribution is 2.12. The Morgan fingerprint density at radius 2 is 1.81 bits per heavy atom. The van der Waals surface area contributed by atoms with Crippen LogP contribution in [0.25, 0.3) is 0 Å². The summed E-state index contributed by atoms with van der Waals surface area (Å²) in [5.74, 6) is 1.55. The highest BCUT2D eigenvalue weighted by molar-refractivity contribution is 6.17. The molecule has 0 bridgehead atoms. The Bertz CT molecular complexity index is 272. The molecule has 1 aromatic rings. The van der Waals surface area contributed by atoms with Crippen molar-refractivity contribution < 1.29 is 9.47 Å². The van der Waals surface area contributed by atoms with Gasteiger partial charge in [0.15, 0.2) is 0 Å². The third-order valence-corrected chi connectivity index (χ3v) is 2.34. The summed E-state index contributed by atoms with van der Waals surface area (Å²) >= 11 is 5.66. The average molecular weight is 243 g/mol. The first-order valence-corrected chi connectivity index (χ1v) is 6.25. The van der Waals surface area contributed by atoms with Crippen LogP contribution in [0.4, 0.5) is 0 Å². The van der Waals surface area contributed by atoms with Crippen LogP contribution < -0.4 is 4.74 Å². The molecule has 0 heterocycles. The summed E-state index contributed by atoms with van der Waals surface area (Å²) in [4.78, 5) is 0. The van der Waals surface area contributed by atoms with Gasteiger partial charge < -0.3 is 9.47 Å². The number of halogens is 1. The number of ether oxygens (including phenoxy) is 2. The van der Waals surface area contributed by atoms with E-state index in [0.717, 1.165) is 25.2 Å². The topological polar surface area (TPSA) is 18.5 Å². The largest absolute Gasteiger partial charge is 0.491 e. The molecule has 0 aliphatic carbocycles. The van der Waals surface area contributed by atoms with E-state index in [-0.39, 0.29) is 0 Å². The second kappa shape index (κ2) is 8.43. The number of aryl methyl sites for hydroxylation is 1. The molecule has 0 fully saturated rings. The molecule has 2 nitrogen and oxygen atoms in total. The van der Waals surface area contributed by atoms with Gasteiger partial charge in [0.05, 0.1) is 6.61 Å². The predicted octanol–water partition coefficient (Wildman–Crippen LogP) is 3.27. The Kier molecular flexibility index (Phi) is 7.02. The Labute approximate surface area is 103 Å². The first-order chi connectivity index (χ1) is 7.86. The van der Waals surface area contributed by atoms with Crippen LogP contribution in [-0.2, 0) is 11.2 Å². The maximum Gasteiger partial charge on any atom is 0.119 e. The summed E-state index contributed by atoms with van der Waals surface area (Å²) in [5, 5.41) is 0. The Morgan fingerprint density at radius 1 is 1.06 bits per heavy atom. The van der Waals surface area contributed by atoms with Crippen LogP contribution in [0.1, 0.15) is 18.9 Å². The first-order valence-electron chi connectivity index (χ1n) is 5.72. The van der Waals surface area contributed by atoms with Gasteiger partial charge in [-0.15, -0.1) is 11.6 Å². The van der Waals surface area contributed by atoms with Gasteiger partial charge in [-0.2, -0.15) is 0 Å². The second-order valence-corrected chi connectivity index (χ2v) is 3.92. The van der Waals surface area contributed by atoms with Gasteiger partial charge in [0, 0.05) is 12.5 Å². The fraction of sp³-hybridized carbons (Fsp3) is 0.538. The highest BCUT2D eigenvalue weighted by atomic mass is 35.5. The normalized spacial score (nSPS) is 10.4. The van der Waals surface area contributed by atoms with E-state index < -0.39 is 0 Å².